The Morgan fingerprint density at radius 3 is 2.71 bits per heavy atom. The van der Waals surface area contributed by atoms with Crippen molar-refractivity contribution in [1.29, 1.82) is 0 Å². The second-order valence-electron chi connectivity index (χ2n) is 5.03. The molecule has 0 spiro atoms. The van der Waals surface area contributed by atoms with Crippen LogP contribution in [0.3, 0.4) is 0 Å². The standard InChI is InChI=1S/C15H22F2N2O2/c1-10(12-9-11(16)6-7-13(12)17)19(2)15(20)14(18)5-4-8-21-3/h6-7,9-10,14H,4-5,8,18H2,1-3H3. The van der Waals surface area contributed by atoms with Gasteiger partial charge in [-0.25, -0.2) is 8.78 Å². The molecule has 118 valence electrons. The fourth-order valence-electron chi connectivity index (χ4n) is 2.07. The molecule has 0 fully saturated rings. The number of hydrogen-bond donors (Lipinski definition) is 1. The minimum Gasteiger partial charge on any atom is -0.385 e. The summed E-state index contributed by atoms with van der Waals surface area (Å²) in [4.78, 5) is 13.5. The highest BCUT2D eigenvalue weighted by atomic mass is 19.1. The number of rotatable bonds is 7. The van der Waals surface area contributed by atoms with Gasteiger partial charge in [-0.3, -0.25) is 4.79 Å². The molecule has 0 aliphatic carbocycles. The van der Waals surface area contributed by atoms with Crippen LogP contribution in [0.4, 0.5) is 8.78 Å². The van der Waals surface area contributed by atoms with E-state index in [1.165, 1.54) is 11.9 Å². The number of nitrogens with two attached hydrogens (primary N) is 1. The van der Waals surface area contributed by atoms with E-state index in [0.29, 0.717) is 19.4 Å². The van der Waals surface area contributed by atoms with E-state index >= 15 is 0 Å². The van der Waals surface area contributed by atoms with Gasteiger partial charge in [0.1, 0.15) is 11.6 Å². The lowest BCUT2D eigenvalue weighted by Gasteiger charge is -2.28. The Kier molecular flexibility index (Phi) is 6.71. The summed E-state index contributed by atoms with van der Waals surface area (Å²) in [6, 6.07) is 1.92. The highest BCUT2D eigenvalue weighted by molar-refractivity contribution is 5.81. The van der Waals surface area contributed by atoms with E-state index in [0.717, 1.165) is 18.2 Å². The summed E-state index contributed by atoms with van der Waals surface area (Å²) in [6.45, 7) is 2.16. The van der Waals surface area contributed by atoms with Crippen LogP contribution in [0.25, 0.3) is 0 Å². The second kappa shape index (κ2) is 8.05. The Bertz CT molecular complexity index is 483. The Hall–Kier alpha value is -1.53. The molecule has 1 rings (SSSR count). The quantitative estimate of drug-likeness (QED) is 0.786. The summed E-state index contributed by atoms with van der Waals surface area (Å²) in [5.74, 6) is -1.39. The van der Waals surface area contributed by atoms with Gasteiger partial charge in [0.15, 0.2) is 0 Å². The maximum absolute atomic E-state index is 13.7. The zero-order chi connectivity index (χ0) is 16.0. The third-order valence-corrected chi connectivity index (χ3v) is 3.52. The molecule has 1 aromatic rings. The van der Waals surface area contributed by atoms with Crippen molar-refractivity contribution in [2.45, 2.75) is 31.8 Å². The smallest absolute Gasteiger partial charge is 0.239 e. The summed E-state index contributed by atoms with van der Waals surface area (Å²) < 4.78 is 31.9. The normalized spacial score (nSPS) is 13.8. The molecule has 21 heavy (non-hydrogen) atoms. The van der Waals surface area contributed by atoms with Crippen LogP contribution in [0, 0.1) is 11.6 Å². The molecule has 0 saturated carbocycles. The molecule has 1 amide bonds. The molecule has 0 aromatic heterocycles. The van der Waals surface area contributed by atoms with Crippen LogP contribution in [0.5, 0.6) is 0 Å². The monoisotopic (exact) mass is 300 g/mol. The summed E-state index contributed by atoms with van der Waals surface area (Å²) >= 11 is 0. The molecular weight excluding hydrogens is 278 g/mol. The first-order valence-corrected chi connectivity index (χ1v) is 6.84. The third kappa shape index (κ3) is 4.75. The number of likely N-dealkylation sites (N-methyl/N-ethyl adjacent to an activating group) is 1. The van der Waals surface area contributed by atoms with E-state index < -0.39 is 23.7 Å². The molecule has 0 aliphatic rings. The molecule has 2 N–H and O–H groups in total. The van der Waals surface area contributed by atoms with Gasteiger partial charge >= 0.3 is 0 Å². The highest BCUT2D eigenvalue weighted by Crippen LogP contribution is 2.23. The molecule has 0 heterocycles. The molecule has 0 bridgehead atoms. The Balaban J connectivity index is 2.74. The van der Waals surface area contributed by atoms with Gasteiger partial charge < -0.3 is 15.4 Å². The Labute approximate surface area is 123 Å². The van der Waals surface area contributed by atoms with E-state index in [9.17, 15) is 13.6 Å². The van der Waals surface area contributed by atoms with Crippen LogP contribution in [0.2, 0.25) is 0 Å². The number of benzene rings is 1. The second-order valence-corrected chi connectivity index (χ2v) is 5.03. The Morgan fingerprint density at radius 1 is 1.43 bits per heavy atom. The number of nitrogens with zero attached hydrogens (tertiary/aromatic N) is 1. The minimum atomic E-state index is -0.677. The van der Waals surface area contributed by atoms with Crippen LogP contribution in [-0.4, -0.2) is 37.6 Å². The first-order chi connectivity index (χ1) is 9.88. The van der Waals surface area contributed by atoms with Crippen molar-refractivity contribution in [3.05, 3.63) is 35.4 Å². The van der Waals surface area contributed by atoms with Gasteiger partial charge in [0, 0.05) is 26.3 Å². The van der Waals surface area contributed by atoms with E-state index in [2.05, 4.69) is 0 Å². The van der Waals surface area contributed by atoms with Crippen molar-refractivity contribution in [3.8, 4) is 0 Å². The first-order valence-electron chi connectivity index (χ1n) is 6.84. The number of ether oxygens (including phenoxy) is 1. The lowest BCUT2D eigenvalue weighted by atomic mass is 10.0. The van der Waals surface area contributed by atoms with Crippen LogP contribution in [0.15, 0.2) is 18.2 Å². The number of halogens is 2. The van der Waals surface area contributed by atoms with Gasteiger partial charge in [-0.2, -0.15) is 0 Å². The van der Waals surface area contributed by atoms with Gasteiger partial charge in [0.05, 0.1) is 12.1 Å². The predicted molar refractivity (Wildman–Crippen MR) is 76.6 cm³/mol. The van der Waals surface area contributed by atoms with Gasteiger partial charge in [-0.1, -0.05) is 0 Å². The highest BCUT2D eigenvalue weighted by Gasteiger charge is 2.24. The summed E-state index contributed by atoms with van der Waals surface area (Å²) in [5.41, 5.74) is 5.96. The summed E-state index contributed by atoms with van der Waals surface area (Å²) in [5, 5.41) is 0. The number of carbonyl (C=O) groups excluding carboxylic acids is 1. The molecule has 0 aliphatic heterocycles. The molecule has 2 unspecified atom stereocenters. The Morgan fingerprint density at radius 2 is 2.10 bits per heavy atom. The average molecular weight is 300 g/mol. The van der Waals surface area contributed by atoms with Crippen LogP contribution < -0.4 is 5.73 Å². The topological polar surface area (TPSA) is 55.6 Å². The van der Waals surface area contributed by atoms with Crippen LogP contribution >= 0.6 is 0 Å². The van der Waals surface area contributed by atoms with Crippen molar-refractivity contribution in [2.75, 3.05) is 20.8 Å². The molecule has 0 saturated heterocycles. The van der Waals surface area contributed by atoms with Gasteiger partial charge in [-0.05, 0) is 38.0 Å². The minimum absolute atomic E-state index is 0.134. The van der Waals surface area contributed by atoms with Crippen LogP contribution in [0.1, 0.15) is 31.4 Å². The number of methoxy groups -OCH3 is 1. The van der Waals surface area contributed by atoms with E-state index in [-0.39, 0.29) is 11.5 Å². The number of amides is 1. The molecule has 0 radical (unpaired) electrons. The van der Waals surface area contributed by atoms with E-state index in [4.69, 9.17) is 10.5 Å². The van der Waals surface area contributed by atoms with E-state index in [1.807, 2.05) is 0 Å². The third-order valence-electron chi connectivity index (χ3n) is 3.52. The fourth-order valence-corrected chi connectivity index (χ4v) is 2.07. The fraction of sp³-hybridized carbons (Fsp3) is 0.533. The number of carbonyl (C=O) groups is 1. The lowest BCUT2D eigenvalue weighted by Crippen LogP contribution is -2.43. The van der Waals surface area contributed by atoms with Crippen molar-refractivity contribution < 1.29 is 18.3 Å². The van der Waals surface area contributed by atoms with Gasteiger partial charge in [-0.15, -0.1) is 0 Å². The summed E-state index contributed by atoms with van der Waals surface area (Å²) in [7, 11) is 3.11. The summed E-state index contributed by atoms with van der Waals surface area (Å²) in [6.07, 6.45) is 1.15. The zero-order valence-corrected chi connectivity index (χ0v) is 12.6. The molecule has 6 heteroatoms. The molecule has 2 atom stereocenters. The van der Waals surface area contributed by atoms with Crippen molar-refractivity contribution in [1.82, 2.24) is 4.90 Å². The predicted octanol–water partition coefficient (Wildman–Crippen LogP) is 2.24. The van der Waals surface area contributed by atoms with E-state index in [1.54, 1.807) is 14.0 Å². The maximum atomic E-state index is 13.7. The zero-order valence-electron chi connectivity index (χ0n) is 12.6. The van der Waals surface area contributed by atoms with Crippen molar-refractivity contribution in [2.24, 2.45) is 5.73 Å². The molecular formula is C15H22F2N2O2. The van der Waals surface area contributed by atoms with Gasteiger partial charge in [0.25, 0.3) is 0 Å². The van der Waals surface area contributed by atoms with Gasteiger partial charge in [0.2, 0.25) is 5.91 Å². The van der Waals surface area contributed by atoms with Crippen molar-refractivity contribution >= 4 is 5.91 Å². The first kappa shape index (κ1) is 17.5. The molecule has 1 aromatic carbocycles. The van der Waals surface area contributed by atoms with Crippen LogP contribution in [-0.2, 0) is 9.53 Å². The molecule has 4 nitrogen and oxygen atoms in total. The lowest BCUT2D eigenvalue weighted by molar-refractivity contribution is -0.133. The maximum Gasteiger partial charge on any atom is 0.239 e. The largest absolute Gasteiger partial charge is 0.385 e. The average Bonchev–Trinajstić information content (AvgIpc) is 2.47. The van der Waals surface area contributed by atoms with Crippen molar-refractivity contribution in [3.63, 3.8) is 0 Å². The SMILES string of the molecule is COCCCC(N)C(=O)N(C)C(C)c1cc(F)ccc1F. The number of hydrogen-bond acceptors (Lipinski definition) is 3.